The molecule has 31 heavy (non-hydrogen) atoms. The first kappa shape index (κ1) is 19.9. The number of carbonyl (C=O) groups excluding carboxylic acids is 2. The van der Waals surface area contributed by atoms with Crippen LogP contribution in [0.15, 0.2) is 35.4 Å². The fourth-order valence-corrected chi connectivity index (χ4v) is 5.82. The van der Waals surface area contributed by atoms with Crippen LogP contribution in [0.2, 0.25) is 0 Å². The van der Waals surface area contributed by atoms with Gasteiger partial charge in [-0.25, -0.2) is 4.98 Å². The predicted octanol–water partition coefficient (Wildman–Crippen LogP) is 3.26. The molecule has 3 aromatic rings. The SMILES string of the molecule is O=C(Cn1cnc2sc3c(c2c1=O)CCC3)Nc1ccccc1C(=O)NC1CCCC1. The van der Waals surface area contributed by atoms with Gasteiger partial charge in [0, 0.05) is 10.9 Å². The number of hydrogen-bond acceptors (Lipinski definition) is 5. The number of amides is 2. The predicted molar refractivity (Wildman–Crippen MR) is 121 cm³/mol. The molecular formula is C23H24N4O3S. The first-order valence-electron chi connectivity index (χ1n) is 10.8. The highest BCUT2D eigenvalue weighted by Crippen LogP contribution is 2.34. The van der Waals surface area contributed by atoms with Crippen LogP contribution in [0, 0.1) is 0 Å². The standard InChI is InChI=1S/C23H24N4O3S/c28-19(12-27-13-24-22-20(23(27)30)16-9-5-11-18(16)31-22)26-17-10-4-3-8-15(17)21(29)25-14-6-1-2-7-14/h3-4,8,10,13-14H,1-2,5-7,9,11-12H2,(H,25,29)(H,26,28). The number of carbonyl (C=O) groups is 2. The molecule has 8 heteroatoms. The maximum absolute atomic E-state index is 13.0. The van der Waals surface area contributed by atoms with Crippen LogP contribution in [-0.4, -0.2) is 27.4 Å². The molecule has 160 valence electrons. The first-order valence-corrected chi connectivity index (χ1v) is 11.6. The summed E-state index contributed by atoms with van der Waals surface area (Å²) in [4.78, 5) is 44.8. The Morgan fingerprint density at radius 1 is 1.13 bits per heavy atom. The smallest absolute Gasteiger partial charge is 0.262 e. The van der Waals surface area contributed by atoms with Gasteiger partial charge in [0.25, 0.3) is 11.5 Å². The van der Waals surface area contributed by atoms with E-state index in [9.17, 15) is 14.4 Å². The van der Waals surface area contributed by atoms with E-state index in [0.717, 1.165) is 55.3 Å². The van der Waals surface area contributed by atoms with Crippen molar-refractivity contribution in [1.82, 2.24) is 14.9 Å². The molecule has 5 rings (SSSR count). The summed E-state index contributed by atoms with van der Waals surface area (Å²) in [6.45, 7) is -0.148. The molecule has 0 atom stereocenters. The summed E-state index contributed by atoms with van der Waals surface area (Å²) in [5, 5.41) is 6.51. The third kappa shape index (κ3) is 3.87. The maximum Gasteiger partial charge on any atom is 0.262 e. The van der Waals surface area contributed by atoms with Crippen molar-refractivity contribution in [2.24, 2.45) is 0 Å². The van der Waals surface area contributed by atoms with Crippen molar-refractivity contribution in [1.29, 1.82) is 0 Å². The summed E-state index contributed by atoms with van der Waals surface area (Å²) >= 11 is 1.58. The molecule has 2 amide bonds. The zero-order valence-electron chi connectivity index (χ0n) is 17.1. The fourth-order valence-electron chi connectivity index (χ4n) is 4.60. The second-order valence-corrected chi connectivity index (χ2v) is 9.35. The van der Waals surface area contributed by atoms with Gasteiger partial charge in [-0.05, 0) is 49.8 Å². The highest BCUT2D eigenvalue weighted by molar-refractivity contribution is 7.18. The van der Waals surface area contributed by atoms with Crippen molar-refractivity contribution < 1.29 is 9.59 Å². The molecule has 2 N–H and O–H groups in total. The lowest BCUT2D eigenvalue weighted by molar-refractivity contribution is -0.116. The largest absolute Gasteiger partial charge is 0.349 e. The molecule has 0 saturated heterocycles. The van der Waals surface area contributed by atoms with Crippen LogP contribution in [0.1, 0.15) is 52.9 Å². The molecule has 1 fully saturated rings. The van der Waals surface area contributed by atoms with E-state index >= 15 is 0 Å². The number of fused-ring (bicyclic) bond motifs is 3. The zero-order chi connectivity index (χ0) is 21.4. The van der Waals surface area contributed by atoms with E-state index in [4.69, 9.17) is 0 Å². The van der Waals surface area contributed by atoms with E-state index < -0.39 is 0 Å². The second kappa shape index (κ2) is 8.26. The maximum atomic E-state index is 13.0. The Balaban J connectivity index is 1.34. The lowest BCUT2D eigenvalue weighted by Gasteiger charge is -2.15. The van der Waals surface area contributed by atoms with Gasteiger partial charge >= 0.3 is 0 Å². The Kier molecular flexibility index (Phi) is 5.31. The Bertz CT molecular complexity index is 1220. The van der Waals surface area contributed by atoms with Gasteiger partial charge in [-0.1, -0.05) is 25.0 Å². The van der Waals surface area contributed by atoms with E-state index in [1.807, 2.05) is 0 Å². The molecule has 0 radical (unpaired) electrons. The number of thiophene rings is 1. The van der Waals surface area contributed by atoms with E-state index in [0.29, 0.717) is 16.6 Å². The summed E-state index contributed by atoms with van der Waals surface area (Å²) in [5.41, 5.74) is 1.80. The quantitative estimate of drug-likeness (QED) is 0.642. The van der Waals surface area contributed by atoms with Crippen molar-refractivity contribution in [3.8, 4) is 0 Å². The van der Waals surface area contributed by atoms with Gasteiger partial charge in [-0.3, -0.25) is 19.0 Å². The Morgan fingerprint density at radius 2 is 1.94 bits per heavy atom. The van der Waals surface area contributed by atoms with Gasteiger partial charge in [0.15, 0.2) is 0 Å². The number of anilines is 1. The fraction of sp³-hybridized carbons (Fsp3) is 0.391. The minimum absolute atomic E-state index is 0.148. The molecular weight excluding hydrogens is 412 g/mol. The lowest BCUT2D eigenvalue weighted by atomic mass is 10.1. The van der Waals surface area contributed by atoms with Gasteiger partial charge in [-0.15, -0.1) is 11.3 Å². The van der Waals surface area contributed by atoms with Crippen LogP contribution in [0.3, 0.4) is 0 Å². The van der Waals surface area contributed by atoms with Crippen molar-refractivity contribution in [2.75, 3.05) is 5.32 Å². The van der Waals surface area contributed by atoms with Gasteiger partial charge in [0.1, 0.15) is 11.4 Å². The van der Waals surface area contributed by atoms with E-state index in [1.54, 1.807) is 35.6 Å². The van der Waals surface area contributed by atoms with Crippen LogP contribution in [0.25, 0.3) is 10.2 Å². The van der Waals surface area contributed by atoms with Gasteiger partial charge in [0.05, 0.1) is 23.0 Å². The third-order valence-corrected chi connectivity index (χ3v) is 7.34. The van der Waals surface area contributed by atoms with E-state index in [2.05, 4.69) is 15.6 Å². The molecule has 2 aliphatic rings. The Morgan fingerprint density at radius 3 is 2.77 bits per heavy atom. The average molecular weight is 437 g/mol. The summed E-state index contributed by atoms with van der Waals surface area (Å²) < 4.78 is 1.35. The van der Waals surface area contributed by atoms with Crippen molar-refractivity contribution in [3.63, 3.8) is 0 Å². The van der Waals surface area contributed by atoms with Crippen molar-refractivity contribution in [3.05, 3.63) is 57.0 Å². The Hall–Kier alpha value is -3.00. The van der Waals surface area contributed by atoms with Gasteiger partial charge < -0.3 is 10.6 Å². The lowest BCUT2D eigenvalue weighted by Crippen LogP contribution is -2.33. The number of para-hydroxylation sites is 1. The van der Waals surface area contributed by atoms with E-state index in [-0.39, 0.29) is 30.0 Å². The number of aromatic nitrogens is 2. The molecule has 2 heterocycles. The van der Waals surface area contributed by atoms with Crippen molar-refractivity contribution >= 4 is 39.1 Å². The van der Waals surface area contributed by atoms with Crippen LogP contribution in [0.5, 0.6) is 0 Å². The highest BCUT2D eigenvalue weighted by Gasteiger charge is 2.23. The molecule has 7 nitrogen and oxygen atoms in total. The van der Waals surface area contributed by atoms with E-state index in [1.165, 1.54) is 15.8 Å². The number of nitrogens with one attached hydrogen (secondary N) is 2. The number of nitrogens with zero attached hydrogens (tertiary/aromatic N) is 2. The monoisotopic (exact) mass is 436 g/mol. The Labute approximate surface area is 183 Å². The topological polar surface area (TPSA) is 93.1 Å². The van der Waals surface area contributed by atoms with Crippen LogP contribution >= 0.6 is 11.3 Å². The minimum Gasteiger partial charge on any atom is -0.349 e. The van der Waals surface area contributed by atoms with Crippen LogP contribution < -0.4 is 16.2 Å². The summed E-state index contributed by atoms with van der Waals surface area (Å²) in [6.07, 6.45) is 8.63. The molecule has 0 bridgehead atoms. The number of aryl methyl sites for hydroxylation is 2. The summed E-state index contributed by atoms with van der Waals surface area (Å²) in [5.74, 6) is -0.548. The second-order valence-electron chi connectivity index (χ2n) is 8.26. The zero-order valence-corrected chi connectivity index (χ0v) is 18.0. The normalized spacial score (nSPS) is 15.9. The molecule has 2 aliphatic carbocycles. The molecule has 1 aromatic carbocycles. The summed E-state index contributed by atoms with van der Waals surface area (Å²) in [7, 11) is 0. The molecule has 2 aromatic heterocycles. The van der Waals surface area contributed by atoms with Crippen molar-refractivity contribution in [2.45, 2.75) is 57.5 Å². The first-order chi connectivity index (χ1) is 15.1. The van der Waals surface area contributed by atoms with Gasteiger partial charge in [-0.2, -0.15) is 0 Å². The number of hydrogen-bond donors (Lipinski definition) is 2. The molecule has 0 aliphatic heterocycles. The number of benzene rings is 1. The number of rotatable bonds is 5. The molecule has 0 spiro atoms. The average Bonchev–Trinajstić information content (AvgIpc) is 3.48. The third-order valence-electron chi connectivity index (χ3n) is 6.14. The summed E-state index contributed by atoms with van der Waals surface area (Å²) in [6, 6.07) is 7.15. The molecule has 1 saturated carbocycles. The van der Waals surface area contributed by atoms with Gasteiger partial charge in [0.2, 0.25) is 5.91 Å². The molecule has 0 unspecified atom stereocenters. The van der Waals surface area contributed by atoms with Crippen LogP contribution in [0.4, 0.5) is 5.69 Å². The minimum atomic E-state index is -0.365. The van der Waals surface area contributed by atoms with Crippen LogP contribution in [-0.2, 0) is 24.2 Å². The highest BCUT2D eigenvalue weighted by atomic mass is 32.1.